The highest BCUT2D eigenvalue weighted by Gasteiger charge is 2.43. The second kappa shape index (κ2) is 9.56. The molecule has 1 aliphatic carbocycles. The third kappa shape index (κ3) is 5.11. The Kier molecular flexibility index (Phi) is 6.78. The van der Waals surface area contributed by atoms with Crippen LogP contribution in [0.5, 0.6) is 5.75 Å². The topological polar surface area (TPSA) is 103 Å². The van der Waals surface area contributed by atoms with Crippen LogP contribution in [-0.4, -0.2) is 50.3 Å². The molecule has 2 aliphatic rings. The molecule has 2 fully saturated rings. The predicted molar refractivity (Wildman–Crippen MR) is 115 cm³/mol. The second-order valence-electron chi connectivity index (χ2n) is 8.48. The number of carbonyl (C=O) groups excluding carboxylic acids is 1. The lowest BCUT2D eigenvalue weighted by atomic mass is 9.90. The van der Waals surface area contributed by atoms with E-state index in [-0.39, 0.29) is 17.1 Å². The molecule has 0 amide bonds. The Labute approximate surface area is 187 Å². The zero-order chi connectivity index (χ0) is 22.7. The van der Waals surface area contributed by atoms with Crippen molar-refractivity contribution in [2.75, 3.05) is 30.3 Å². The average molecular weight is 466 g/mol. The van der Waals surface area contributed by atoms with Gasteiger partial charge in [0.2, 0.25) is 0 Å². The molecule has 1 saturated carbocycles. The molecule has 4 rings (SSSR count). The minimum atomic E-state index is -3.57. The third-order valence-corrected chi connectivity index (χ3v) is 8.25. The monoisotopic (exact) mass is 465 g/mol. The van der Waals surface area contributed by atoms with Crippen LogP contribution in [0.15, 0.2) is 27.6 Å². The smallest absolute Gasteiger partial charge is 0.324 e. The van der Waals surface area contributed by atoms with Crippen molar-refractivity contribution in [2.24, 2.45) is 17.8 Å². The quantitative estimate of drug-likeness (QED) is 0.493. The van der Waals surface area contributed by atoms with E-state index in [0.29, 0.717) is 41.9 Å². The van der Waals surface area contributed by atoms with Gasteiger partial charge in [-0.1, -0.05) is 12.1 Å². The Bertz CT molecular complexity index is 1050. The van der Waals surface area contributed by atoms with E-state index in [2.05, 4.69) is 15.0 Å². The molecule has 0 radical (unpaired) electrons. The minimum Gasteiger partial charge on any atom is -0.493 e. The lowest BCUT2D eigenvalue weighted by Gasteiger charge is -2.30. The van der Waals surface area contributed by atoms with Crippen molar-refractivity contribution < 1.29 is 26.9 Å². The fourth-order valence-electron chi connectivity index (χ4n) is 4.54. The van der Waals surface area contributed by atoms with E-state index in [1.165, 1.54) is 25.5 Å². The number of piperidine rings is 1. The summed E-state index contributed by atoms with van der Waals surface area (Å²) in [4.78, 5) is 16.6. The molecule has 174 valence electrons. The summed E-state index contributed by atoms with van der Waals surface area (Å²) in [7, 11) is -3.57. The Balaban J connectivity index is 1.19. The van der Waals surface area contributed by atoms with Gasteiger partial charge in [0.25, 0.3) is 0 Å². The number of halogens is 1. The minimum absolute atomic E-state index is 0.137. The normalized spacial score (nSPS) is 21.5. The van der Waals surface area contributed by atoms with Crippen molar-refractivity contribution in [2.45, 2.75) is 43.9 Å². The van der Waals surface area contributed by atoms with Crippen LogP contribution in [0.2, 0.25) is 0 Å². The first-order valence-corrected chi connectivity index (χ1v) is 12.7. The van der Waals surface area contributed by atoms with Gasteiger partial charge >= 0.3 is 6.01 Å². The molecule has 2 heterocycles. The number of aldehydes is 1. The number of nitrogens with zero attached hydrogens (tertiary/aromatic N) is 3. The van der Waals surface area contributed by atoms with Crippen molar-refractivity contribution in [1.29, 1.82) is 0 Å². The zero-order valence-electron chi connectivity index (χ0n) is 18.1. The van der Waals surface area contributed by atoms with Gasteiger partial charge in [-0.25, -0.2) is 12.8 Å². The van der Waals surface area contributed by atoms with Crippen molar-refractivity contribution >= 4 is 22.1 Å². The van der Waals surface area contributed by atoms with Gasteiger partial charge in [-0.3, -0.25) is 0 Å². The number of benzene rings is 1. The molecule has 2 aromatic rings. The van der Waals surface area contributed by atoms with Gasteiger partial charge in [-0.05, 0) is 55.6 Å². The van der Waals surface area contributed by atoms with Gasteiger partial charge in [-0.15, -0.1) is 0 Å². The van der Waals surface area contributed by atoms with Gasteiger partial charge in [-0.2, -0.15) is 4.98 Å². The number of ether oxygens (including phenoxy) is 1. The maximum absolute atomic E-state index is 14.1. The van der Waals surface area contributed by atoms with E-state index in [4.69, 9.17) is 9.26 Å². The standard InChI is InChI=1S/C22H28FN3O5S/c1-2-32(28,29)20-4-3-17(14-19(20)23)30-12-8-16-13-18(16)15-5-9-26(10-6-15)22-24-21(7-11-27)25-31-22/h3-4,11,14-16,18H,2,5-10,12-13H2,1H3. The van der Waals surface area contributed by atoms with Crippen LogP contribution in [0.25, 0.3) is 0 Å². The number of carbonyl (C=O) groups is 1. The van der Waals surface area contributed by atoms with Gasteiger partial charge in [0, 0.05) is 19.2 Å². The molecular formula is C22H28FN3O5S. The molecule has 0 N–H and O–H groups in total. The summed E-state index contributed by atoms with van der Waals surface area (Å²) in [6, 6.07) is 4.44. The lowest BCUT2D eigenvalue weighted by molar-refractivity contribution is -0.107. The van der Waals surface area contributed by atoms with Crippen LogP contribution < -0.4 is 9.64 Å². The number of hydrogen-bond acceptors (Lipinski definition) is 8. The maximum atomic E-state index is 14.1. The van der Waals surface area contributed by atoms with Crippen LogP contribution in [-0.2, 0) is 21.1 Å². The summed E-state index contributed by atoms with van der Waals surface area (Å²) >= 11 is 0. The van der Waals surface area contributed by atoms with Crippen LogP contribution in [0.1, 0.15) is 38.4 Å². The highest BCUT2D eigenvalue weighted by atomic mass is 32.2. The van der Waals surface area contributed by atoms with Crippen molar-refractivity contribution in [3.8, 4) is 5.75 Å². The molecule has 1 aromatic heterocycles. The van der Waals surface area contributed by atoms with Gasteiger partial charge in [0.05, 0.1) is 18.8 Å². The lowest BCUT2D eigenvalue weighted by Crippen LogP contribution is -2.34. The molecule has 1 aromatic carbocycles. The van der Waals surface area contributed by atoms with E-state index in [0.717, 1.165) is 44.7 Å². The molecule has 0 spiro atoms. The fourth-order valence-corrected chi connectivity index (χ4v) is 5.48. The zero-order valence-corrected chi connectivity index (χ0v) is 18.9. The Morgan fingerprint density at radius 2 is 2.09 bits per heavy atom. The fraction of sp³-hybridized carbons (Fsp3) is 0.591. The summed E-state index contributed by atoms with van der Waals surface area (Å²) in [5, 5.41) is 3.82. The number of aromatic nitrogens is 2. The molecule has 2 atom stereocenters. The molecule has 0 bridgehead atoms. The predicted octanol–water partition coefficient (Wildman–Crippen LogP) is 3.07. The second-order valence-corrected chi connectivity index (χ2v) is 10.7. The van der Waals surface area contributed by atoms with Crippen LogP contribution >= 0.6 is 0 Å². The first kappa shape index (κ1) is 22.7. The highest BCUT2D eigenvalue weighted by Crippen LogP contribution is 2.50. The summed E-state index contributed by atoms with van der Waals surface area (Å²) in [6.45, 7) is 3.70. The molecule has 32 heavy (non-hydrogen) atoms. The summed E-state index contributed by atoms with van der Waals surface area (Å²) < 4.78 is 48.8. The molecule has 1 aliphatic heterocycles. The van der Waals surface area contributed by atoms with Gasteiger partial charge in [0.15, 0.2) is 15.7 Å². The van der Waals surface area contributed by atoms with Crippen molar-refractivity contribution in [3.63, 3.8) is 0 Å². The number of rotatable bonds is 10. The molecule has 10 heteroatoms. The Morgan fingerprint density at radius 1 is 1.31 bits per heavy atom. The third-order valence-electron chi connectivity index (χ3n) is 6.49. The Hall–Kier alpha value is -2.49. The van der Waals surface area contributed by atoms with Crippen molar-refractivity contribution in [1.82, 2.24) is 10.1 Å². The number of anilines is 1. The van der Waals surface area contributed by atoms with E-state index >= 15 is 0 Å². The first-order valence-electron chi connectivity index (χ1n) is 11.1. The SMILES string of the molecule is CCS(=O)(=O)c1ccc(OCCC2CC2C2CCN(c3nc(CC=O)no3)CC2)cc1F. The van der Waals surface area contributed by atoms with E-state index in [1.54, 1.807) is 0 Å². The summed E-state index contributed by atoms with van der Waals surface area (Å²) in [6.07, 6.45) is 5.14. The maximum Gasteiger partial charge on any atom is 0.324 e. The largest absolute Gasteiger partial charge is 0.493 e. The van der Waals surface area contributed by atoms with Crippen LogP contribution in [0.4, 0.5) is 10.4 Å². The average Bonchev–Trinajstić information content (AvgIpc) is 3.41. The number of sulfone groups is 1. The van der Waals surface area contributed by atoms with E-state index in [9.17, 15) is 17.6 Å². The van der Waals surface area contributed by atoms with E-state index < -0.39 is 15.7 Å². The Morgan fingerprint density at radius 3 is 2.78 bits per heavy atom. The first-order chi connectivity index (χ1) is 15.4. The van der Waals surface area contributed by atoms with Crippen LogP contribution in [0.3, 0.4) is 0 Å². The molecule has 8 nitrogen and oxygen atoms in total. The summed E-state index contributed by atoms with van der Waals surface area (Å²) in [5.41, 5.74) is 0. The molecular weight excluding hydrogens is 437 g/mol. The summed E-state index contributed by atoms with van der Waals surface area (Å²) in [5.74, 6) is 1.82. The highest BCUT2D eigenvalue weighted by molar-refractivity contribution is 7.91. The van der Waals surface area contributed by atoms with E-state index in [1.807, 2.05) is 0 Å². The molecule has 2 unspecified atom stereocenters. The van der Waals surface area contributed by atoms with Gasteiger partial charge in [0.1, 0.15) is 22.7 Å². The number of hydrogen-bond donors (Lipinski definition) is 0. The van der Waals surface area contributed by atoms with Crippen molar-refractivity contribution in [3.05, 3.63) is 29.8 Å². The van der Waals surface area contributed by atoms with Gasteiger partial charge < -0.3 is 19.0 Å². The van der Waals surface area contributed by atoms with Crippen LogP contribution in [0, 0.1) is 23.6 Å². The molecule has 1 saturated heterocycles.